The van der Waals surface area contributed by atoms with Crippen molar-refractivity contribution in [3.63, 3.8) is 0 Å². The van der Waals surface area contributed by atoms with Crippen LogP contribution in [-0.2, 0) is 0 Å². The van der Waals surface area contributed by atoms with Gasteiger partial charge in [-0.15, -0.1) is 0 Å². The Labute approximate surface area is 177 Å². The summed E-state index contributed by atoms with van der Waals surface area (Å²) in [5, 5.41) is 5.73. The van der Waals surface area contributed by atoms with E-state index in [4.69, 9.17) is 0 Å². The second-order valence-corrected chi connectivity index (χ2v) is 7.96. The van der Waals surface area contributed by atoms with Gasteiger partial charge in [-0.3, -0.25) is 4.79 Å². The van der Waals surface area contributed by atoms with E-state index in [0.717, 1.165) is 20.2 Å². The van der Waals surface area contributed by atoms with Gasteiger partial charge in [-0.1, -0.05) is 45.5 Å². The predicted octanol–water partition coefficient (Wildman–Crippen LogP) is 6.02. The molecule has 0 aliphatic carbocycles. The van der Waals surface area contributed by atoms with Crippen LogP contribution in [0.2, 0.25) is 0 Å². The number of benzene rings is 3. The van der Waals surface area contributed by atoms with Crippen LogP contribution < -0.4 is 5.01 Å². The summed E-state index contributed by atoms with van der Waals surface area (Å²) in [6.07, 6.45) is 1.43. The lowest BCUT2D eigenvalue weighted by Gasteiger charge is -2.13. The van der Waals surface area contributed by atoms with Gasteiger partial charge in [0.25, 0.3) is 5.91 Å². The molecule has 0 aliphatic rings. The summed E-state index contributed by atoms with van der Waals surface area (Å²) >= 11 is 4.70. The van der Waals surface area contributed by atoms with Gasteiger partial charge in [-0.05, 0) is 54.1 Å². The fourth-order valence-corrected chi connectivity index (χ4v) is 4.06. The summed E-state index contributed by atoms with van der Waals surface area (Å²) in [6, 6.07) is 16.6. The molecule has 4 rings (SSSR count). The van der Waals surface area contributed by atoms with Crippen LogP contribution in [0.5, 0.6) is 0 Å². The fourth-order valence-electron chi connectivity index (χ4n) is 2.58. The van der Waals surface area contributed by atoms with E-state index in [1.54, 1.807) is 12.1 Å². The highest BCUT2D eigenvalue weighted by molar-refractivity contribution is 9.10. The third kappa shape index (κ3) is 4.38. The molecule has 4 nitrogen and oxygen atoms in total. The molecule has 0 unspecified atom stereocenters. The zero-order chi connectivity index (χ0) is 20.4. The van der Waals surface area contributed by atoms with E-state index < -0.39 is 11.7 Å². The van der Waals surface area contributed by atoms with Crippen LogP contribution in [0.1, 0.15) is 15.9 Å². The zero-order valence-corrected chi connectivity index (χ0v) is 17.1. The molecule has 0 fully saturated rings. The van der Waals surface area contributed by atoms with Crippen LogP contribution in [0.3, 0.4) is 0 Å². The maximum atomic E-state index is 13.6. The summed E-state index contributed by atoms with van der Waals surface area (Å²) in [4.78, 5) is 17.5. The number of fused-ring (bicyclic) bond motifs is 1. The lowest BCUT2D eigenvalue weighted by molar-refractivity contribution is 0.0987. The molecule has 0 saturated heterocycles. The molecule has 0 radical (unpaired) electrons. The van der Waals surface area contributed by atoms with Crippen molar-refractivity contribution in [2.75, 3.05) is 5.01 Å². The summed E-state index contributed by atoms with van der Waals surface area (Å²) < 4.78 is 28.5. The largest absolute Gasteiger partial charge is 0.280 e. The maximum absolute atomic E-state index is 13.6. The van der Waals surface area contributed by atoms with E-state index in [1.807, 2.05) is 18.2 Å². The Morgan fingerprint density at radius 2 is 1.83 bits per heavy atom. The molecular formula is C21H12BrF2N3OS. The Kier molecular flexibility index (Phi) is 5.46. The van der Waals surface area contributed by atoms with Gasteiger partial charge >= 0.3 is 0 Å². The second-order valence-electron chi connectivity index (χ2n) is 6.03. The van der Waals surface area contributed by atoms with Gasteiger partial charge in [0.15, 0.2) is 0 Å². The molecule has 0 saturated carbocycles. The topological polar surface area (TPSA) is 45.6 Å². The Morgan fingerprint density at radius 1 is 1.03 bits per heavy atom. The van der Waals surface area contributed by atoms with Gasteiger partial charge in [0.05, 0.1) is 16.4 Å². The SMILES string of the molecule is O=C(c1cccc(F)c1)N(/N=C/c1ccc(F)cc1)c1nc2ccc(Br)cc2s1. The highest BCUT2D eigenvalue weighted by atomic mass is 79.9. The highest BCUT2D eigenvalue weighted by Crippen LogP contribution is 2.32. The van der Waals surface area contributed by atoms with Crippen LogP contribution in [0.15, 0.2) is 76.3 Å². The molecule has 0 spiro atoms. The molecule has 3 aromatic carbocycles. The molecule has 144 valence electrons. The number of hydrogen-bond donors (Lipinski definition) is 0. The highest BCUT2D eigenvalue weighted by Gasteiger charge is 2.21. The number of hydrogen-bond acceptors (Lipinski definition) is 4. The van der Waals surface area contributed by atoms with Crippen LogP contribution >= 0.6 is 27.3 Å². The minimum atomic E-state index is -0.527. The van der Waals surface area contributed by atoms with Gasteiger partial charge in [-0.25, -0.2) is 13.8 Å². The minimum absolute atomic E-state index is 0.140. The third-order valence-corrected chi connectivity index (χ3v) is 5.46. The lowest BCUT2D eigenvalue weighted by atomic mass is 10.2. The number of carbonyl (C=O) groups is 1. The Morgan fingerprint density at radius 3 is 2.59 bits per heavy atom. The summed E-state index contributed by atoms with van der Waals surface area (Å²) in [5.74, 6) is -1.42. The number of thiazole rings is 1. The van der Waals surface area contributed by atoms with Crippen molar-refractivity contribution in [2.45, 2.75) is 0 Å². The first-order chi connectivity index (χ1) is 14.0. The van der Waals surface area contributed by atoms with E-state index >= 15 is 0 Å². The van der Waals surface area contributed by atoms with Gasteiger partial charge in [-0.2, -0.15) is 10.1 Å². The van der Waals surface area contributed by atoms with Gasteiger partial charge < -0.3 is 0 Å². The van der Waals surface area contributed by atoms with Crippen molar-refractivity contribution in [1.29, 1.82) is 0 Å². The Balaban J connectivity index is 1.76. The first-order valence-corrected chi connectivity index (χ1v) is 10.1. The molecule has 0 bridgehead atoms. The molecule has 0 aliphatic heterocycles. The van der Waals surface area contributed by atoms with E-state index in [2.05, 4.69) is 26.0 Å². The minimum Gasteiger partial charge on any atom is -0.267 e. The number of hydrazone groups is 1. The zero-order valence-electron chi connectivity index (χ0n) is 14.7. The number of rotatable bonds is 4. The molecule has 8 heteroatoms. The maximum Gasteiger partial charge on any atom is 0.280 e. The molecular weight excluding hydrogens is 460 g/mol. The van der Waals surface area contributed by atoms with Crippen molar-refractivity contribution in [2.24, 2.45) is 5.10 Å². The van der Waals surface area contributed by atoms with E-state index in [1.165, 1.54) is 47.9 Å². The normalized spacial score (nSPS) is 11.3. The molecule has 0 atom stereocenters. The third-order valence-electron chi connectivity index (χ3n) is 3.98. The lowest BCUT2D eigenvalue weighted by Crippen LogP contribution is -2.25. The van der Waals surface area contributed by atoms with Crippen LogP contribution in [-0.4, -0.2) is 17.1 Å². The van der Waals surface area contributed by atoms with E-state index in [-0.39, 0.29) is 11.4 Å². The molecule has 0 N–H and O–H groups in total. The number of nitrogens with zero attached hydrogens (tertiary/aromatic N) is 3. The monoisotopic (exact) mass is 471 g/mol. The van der Waals surface area contributed by atoms with Crippen LogP contribution in [0.4, 0.5) is 13.9 Å². The predicted molar refractivity (Wildman–Crippen MR) is 115 cm³/mol. The smallest absolute Gasteiger partial charge is 0.267 e. The van der Waals surface area contributed by atoms with Gasteiger partial charge in [0, 0.05) is 10.0 Å². The summed E-state index contributed by atoms with van der Waals surface area (Å²) in [5.41, 5.74) is 1.45. The number of halogens is 3. The van der Waals surface area contributed by atoms with Gasteiger partial charge in [0.1, 0.15) is 11.6 Å². The molecule has 1 amide bonds. The number of amides is 1. The average Bonchev–Trinajstić information content (AvgIpc) is 3.12. The summed E-state index contributed by atoms with van der Waals surface area (Å²) in [7, 11) is 0. The van der Waals surface area contributed by atoms with Crippen molar-refractivity contribution in [1.82, 2.24) is 4.98 Å². The molecule has 1 aromatic heterocycles. The summed E-state index contributed by atoms with van der Waals surface area (Å²) in [6.45, 7) is 0. The molecule has 1 heterocycles. The number of carbonyl (C=O) groups excluding carboxylic acids is 1. The van der Waals surface area contributed by atoms with Crippen LogP contribution in [0, 0.1) is 11.6 Å². The first-order valence-electron chi connectivity index (χ1n) is 8.45. The van der Waals surface area contributed by atoms with Crippen LogP contribution in [0.25, 0.3) is 10.2 Å². The average molecular weight is 472 g/mol. The van der Waals surface area contributed by atoms with Crippen molar-refractivity contribution < 1.29 is 13.6 Å². The molecule has 29 heavy (non-hydrogen) atoms. The standard InChI is InChI=1S/C21H12BrF2N3OS/c22-15-6-9-18-19(11-15)29-21(26-18)27(20(28)14-2-1-3-17(24)10-14)25-12-13-4-7-16(23)8-5-13/h1-12H/b25-12+. The Bertz CT molecular complexity index is 1220. The van der Waals surface area contributed by atoms with Crippen molar-refractivity contribution >= 4 is 54.7 Å². The Hall–Kier alpha value is -2.97. The number of anilines is 1. The quantitative estimate of drug-likeness (QED) is 0.270. The molecule has 4 aromatic rings. The van der Waals surface area contributed by atoms with E-state index in [9.17, 15) is 13.6 Å². The van der Waals surface area contributed by atoms with Gasteiger partial charge in [0.2, 0.25) is 5.13 Å². The van der Waals surface area contributed by atoms with Crippen molar-refractivity contribution in [3.05, 3.63) is 94.0 Å². The second kappa shape index (κ2) is 8.18. The van der Waals surface area contributed by atoms with Crippen molar-refractivity contribution in [3.8, 4) is 0 Å². The van der Waals surface area contributed by atoms with E-state index in [0.29, 0.717) is 16.2 Å². The fraction of sp³-hybridized carbons (Fsp3) is 0. The first kappa shape index (κ1) is 19.4. The number of aromatic nitrogens is 1.